The standard InChI is InChI=1S/C20H26N2O5/c1-14(15-6-7-17-18(11-15)26-13-25-17)27-19(23)16-5-4-10-22(12-16)20(24)21-8-2-3-9-21/h6-7,11,14,16H,2-5,8-10,12-13H2,1H3/t14-,16-/m1/s1. The van der Waals surface area contributed by atoms with Crippen LogP contribution in [0.1, 0.15) is 44.3 Å². The van der Waals surface area contributed by atoms with Crippen LogP contribution >= 0.6 is 0 Å². The summed E-state index contributed by atoms with van der Waals surface area (Å²) in [6.07, 6.45) is 3.35. The highest BCUT2D eigenvalue weighted by Gasteiger charge is 2.33. The number of nitrogens with zero attached hydrogens (tertiary/aromatic N) is 2. The smallest absolute Gasteiger partial charge is 0.320 e. The second-order valence-electron chi connectivity index (χ2n) is 7.45. The Morgan fingerprint density at radius 3 is 2.63 bits per heavy atom. The van der Waals surface area contributed by atoms with Crippen LogP contribution in [0, 0.1) is 5.92 Å². The first-order valence-corrected chi connectivity index (χ1v) is 9.76. The number of hydrogen-bond acceptors (Lipinski definition) is 5. The third-order valence-corrected chi connectivity index (χ3v) is 5.56. The van der Waals surface area contributed by atoms with Gasteiger partial charge in [-0.3, -0.25) is 4.79 Å². The van der Waals surface area contributed by atoms with Crippen molar-refractivity contribution in [3.8, 4) is 11.5 Å². The molecule has 7 heteroatoms. The van der Waals surface area contributed by atoms with E-state index in [0.29, 0.717) is 18.0 Å². The third kappa shape index (κ3) is 3.82. The number of amides is 2. The van der Waals surface area contributed by atoms with Crippen molar-refractivity contribution in [3.05, 3.63) is 23.8 Å². The minimum atomic E-state index is -0.378. The number of likely N-dealkylation sites (tertiary alicyclic amines) is 2. The molecule has 2 saturated heterocycles. The fourth-order valence-corrected chi connectivity index (χ4v) is 3.96. The molecule has 2 fully saturated rings. The van der Waals surface area contributed by atoms with E-state index in [4.69, 9.17) is 14.2 Å². The van der Waals surface area contributed by atoms with Crippen molar-refractivity contribution in [1.29, 1.82) is 0 Å². The maximum atomic E-state index is 12.7. The van der Waals surface area contributed by atoms with Gasteiger partial charge < -0.3 is 24.0 Å². The van der Waals surface area contributed by atoms with Crippen molar-refractivity contribution in [1.82, 2.24) is 9.80 Å². The van der Waals surface area contributed by atoms with E-state index in [9.17, 15) is 9.59 Å². The van der Waals surface area contributed by atoms with Crippen LogP contribution in [0.3, 0.4) is 0 Å². The minimum absolute atomic E-state index is 0.0637. The molecule has 4 rings (SSSR count). The van der Waals surface area contributed by atoms with Gasteiger partial charge in [-0.2, -0.15) is 0 Å². The summed E-state index contributed by atoms with van der Waals surface area (Å²) >= 11 is 0. The van der Waals surface area contributed by atoms with E-state index in [1.807, 2.05) is 34.9 Å². The number of fused-ring (bicyclic) bond motifs is 1. The van der Waals surface area contributed by atoms with Gasteiger partial charge in [0.05, 0.1) is 5.92 Å². The summed E-state index contributed by atoms with van der Waals surface area (Å²) in [5.74, 6) is 0.886. The normalized spacial score (nSPS) is 22.6. The zero-order chi connectivity index (χ0) is 18.8. The molecule has 0 radical (unpaired) electrons. The van der Waals surface area contributed by atoms with Gasteiger partial charge in [0.2, 0.25) is 6.79 Å². The molecular formula is C20H26N2O5. The quantitative estimate of drug-likeness (QED) is 0.761. The molecule has 0 bridgehead atoms. The second kappa shape index (κ2) is 7.66. The highest BCUT2D eigenvalue weighted by atomic mass is 16.7. The topological polar surface area (TPSA) is 68.3 Å². The molecule has 3 aliphatic heterocycles. The van der Waals surface area contributed by atoms with Crippen LogP contribution in [0.4, 0.5) is 4.79 Å². The molecule has 0 aromatic heterocycles. The molecule has 2 atom stereocenters. The van der Waals surface area contributed by atoms with E-state index in [0.717, 1.165) is 50.9 Å². The Bertz CT molecular complexity index is 716. The lowest BCUT2D eigenvalue weighted by molar-refractivity contribution is -0.155. The van der Waals surface area contributed by atoms with Gasteiger partial charge in [-0.25, -0.2) is 4.79 Å². The number of rotatable bonds is 3. The minimum Gasteiger partial charge on any atom is -0.458 e. The SMILES string of the molecule is C[C@@H](OC(=O)[C@@H]1CCCN(C(=O)N2CCCC2)C1)c1ccc2c(c1)OCO2. The molecule has 0 saturated carbocycles. The molecule has 1 aromatic carbocycles. The Hall–Kier alpha value is -2.44. The van der Waals surface area contributed by atoms with Crippen molar-refractivity contribution < 1.29 is 23.8 Å². The molecule has 146 valence electrons. The Balaban J connectivity index is 1.35. The Labute approximate surface area is 159 Å². The van der Waals surface area contributed by atoms with E-state index in [1.165, 1.54) is 0 Å². The van der Waals surface area contributed by atoms with Gasteiger partial charge in [-0.1, -0.05) is 6.07 Å². The van der Waals surface area contributed by atoms with E-state index >= 15 is 0 Å². The Morgan fingerprint density at radius 2 is 1.81 bits per heavy atom. The maximum Gasteiger partial charge on any atom is 0.320 e. The van der Waals surface area contributed by atoms with Gasteiger partial charge in [0.1, 0.15) is 6.10 Å². The molecule has 1 aromatic rings. The lowest BCUT2D eigenvalue weighted by Gasteiger charge is -2.34. The van der Waals surface area contributed by atoms with E-state index < -0.39 is 0 Å². The number of benzene rings is 1. The fourth-order valence-electron chi connectivity index (χ4n) is 3.96. The second-order valence-corrected chi connectivity index (χ2v) is 7.45. The third-order valence-electron chi connectivity index (χ3n) is 5.56. The number of ether oxygens (including phenoxy) is 3. The van der Waals surface area contributed by atoms with Gasteiger partial charge in [0, 0.05) is 26.2 Å². The van der Waals surface area contributed by atoms with Gasteiger partial charge in [-0.15, -0.1) is 0 Å². The molecule has 0 N–H and O–H groups in total. The van der Waals surface area contributed by atoms with Crippen molar-refractivity contribution in [2.75, 3.05) is 33.0 Å². The van der Waals surface area contributed by atoms with Crippen LogP contribution in [0.25, 0.3) is 0 Å². The maximum absolute atomic E-state index is 12.7. The Kier molecular flexibility index (Phi) is 5.09. The van der Waals surface area contributed by atoms with Crippen LogP contribution < -0.4 is 9.47 Å². The van der Waals surface area contributed by atoms with Gasteiger partial charge in [-0.05, 0) is 50.3 Å². The van der Waals surface area contributed by atoms with Crippen LogP contribution in [0.15, 0.2) is 18.2 Å². The van der Waals surface area contributed by atoms with E-state index in [-0.39, 0.29) is 30.8 Å². The fraction of sp³-hybridized carbons (Fsp3) is 0.600. The first kappa shape index (κ1) is 17.9. The van der Waals surface area contributed by atoms with Crippen LogP contribution in [0.5, 0.6) is 11.5 Å². The zero-order valence-electron chi connectivity index (χ0n) is 15.7. The summed E-state index contributed by atoms with van der Waals surface area (Å²) in [6, 6.07) is 5.63. The first-order valence-electron chi connectivity index (χ1n) is 9.76. The number of hydrogen-bond donors (Lipinski definition) is 0. The van der Waals surface area contributed by atoms with Crippen molar-refractivity contribution in [3.63, 3.8) is 0 Å². The monoisotopic (exact) mass is 374 g/mol. The van der Waals surface area contributed by atoms with Gasteiger partial charge in [0.25, 0.3) is 0 Å². The number of carbonyl (C=O) groups excluding carboxylic acids is 2. The number of carbonyl (C=O) groups is 2. The largest absolute Gasteiger partial charge is 0.458 e. The summed E-state index contributed by atoms with van der Waals surface area (Å²) in [7, 11) is 0. The first-order chi connectivity index (χ1) is 13.1. The molecule has 27 heavy (non-hydrogen) atoms. The molecule has 3 aliphatic rings. The zero-order valence-corrected chi connectivity index (χ0v) is 15.7. The molecule has 3 heterocycles. The van der Waals surface area contributed by atoms with Crippen LogP contribution in [0.2, 0.25) is 0 Å². The Morgan fingerprint density at radius 1 is 1.07 bits per heavy atom. The van der Waals surface area contributed by atoms with E-state index in [1.54, 1.807) is 0 Å². The average Bonchev–Trinajstić information content (AvgIpc) is 3.38. The highest BCUT2D eigenvalue weighted by molar-refractivity contribution is 5.77. The number of piperidine rings is 1. The molecule has 2 amide bonds. The number of urea groups is 1. The molecule has 7 nitrogen and oxygen atoms in total. The van der Waals surface area contributed by atoms with Gasteiger partial charge >= 0.3 is 12.0 Å². The highest BCUT2D eigenvalue weighted by Crippen LogP contribution is 2.35. The van der Waals surface area contributed by atoms with E-state index in [2.05, 4.69) is 0 Å². The molecular weight excluding hydrogens is 348 g/mol. The average molecular weight is 374 g/mol. The summed E-state index contributed by atoms with van der Waals surface area (Å²) in [5.41, 5.74) is 0.869. The van der Waals surface area contributed by atoms with Crippen molar-refractivity contribution in [2.45, 2.75) is 38.7 Å². The lowest BCUT2D eigenvalue weighted by atomic mass is 9.98. The van der Waals surface area contributed by atoms with Crippen molar-refractivity contribution >= 4 is 12.0 Å². The van der Waals surface area contributed by atoms with Crippen LogP contribution in [-0.2, 0) is 9.53 Å². The predicted molar refractivity (Wildman–Crippen MR) is 97.6 cm³/mol. The molecule has 0 aliphatic carbocycles. The molecule has 0 unspecified atom stereocenters. The lowest BCUT2D eigenvalue weighted by Crippen LogP contribution is -2.48. The summed E-state index contributed by atoms with van der Waals surface area (Å²) in [6.45, 7) is 4.89. The van der Waals surface area contributed by atoms with Gasteiger partial charge in [0.15, 0.2) is 11.5 Å². The van der Waals surface area contributed by atoms with Crippen molar-refractivity contribution in [2.24, 2.45) is 5.92 Å². The molecule has 0 spiro atoms. The van der Waals surface area contributed by atoms with Crippen LogP contribution in [-0.4, -0.2) is 54.8 Å². The summed E-state index contributed by atoms with van der Waals surface area (Å²) in [5, 5.41) is 0. The summed E-state index contributed by atoms with van der Waals surface area (Å²) < 4.78 is 16.4. The predicted octanol–water partition coefficient (Wildman–Crippen LogP) is 2.95. The number of esters is 1. The summed E-state index contributed by atoms with van der Waals surface area (Å²) in [4.78, 5) is 29.0.